The highest BCUT2D eigenvalue weighted by molar-refractivity contribution is 9.11. The molecule has 0 spiro atoms. The first kappa shape index (κ1) is 16.7. The second kappa shape index (κ2) is 6.62. The van der Waals surface area contributed by atoms with Gasteiger partial charge in [0.25, 0.3) is 0 Å². The number of hydrogen-bond donors (Lipinski definition) is 2. The van der Waals surface area contributed by atoms with Gasteiger partial charge in [-0.2, -0.15) is 0 Å². The van der Waals surface area contributed by atoms with E-state index in [0.29, 0.717) is 11.3 Å². The van der Waals surface area contributed by atoms with Crippen LogP contribution in [0.2, 0.25) is 0 Å². The van der Waals surface area contributed by atoms with Gasteiger partial charge < -0.3 is 9.52 Å². The van der Waals surface area contributed by atoms with Crippen LogP contribution < -0.4 is 4.72 Å². The normalized spacial score (nSPS) is 13.5. The number of aliphatic hydroxyl groups is 1. The molecule has 0 aliphatic heterocycles. The lowest BCUT2D eigenvalue weighted by atomic mass is 10.1. The molecule has 2 aromatic rings. The highest BCUT2D eigenvalue weighted by Crippen LogP contribution is 2.26. The minimum Gasteiger partial charge on any atom is -0.466 e. The molecule has 0 amide bonds. The van der Waals surface area contributed by atoms with Gasteiger partial charge in [0, 0.05) is 12.1 Å². The van der Waals surface area contributed by atoms with Crippen LogP contribution in [0.15, 0.2) is 30.6 Å². The second-order valence-electron chi connectivity index (χ2n) is 4.63. The van der Waals surface area contributed by atoms with E-state index < -0.39 is 16.1 Å². The lowest BCUT2D eigenvalue weighted by molar-refractivity contribution is 0.167. The van der Waals surface area contributed by atoms with Crippen molar-refractivity contribution >= 4 is 37.3 Å². The van der Waals surface area contributed by atoms with Crippen molar-refractivity contribution in [3.05, 3.63) is 39.1 Å². The number of aliphatic hydroxyl groups excluding tert-OH is 1. The number of rotatable bonds is 6. The molecule has 0 fully saturated rings. The van der Waals surface area contributed by atoms with Crippen molar-refractivity contribution in [1.29, 1.82) is 0 Å². The Morgan fingerprint density at radius 1 is 1.43 bits per heavy atom. The van der Waals surface area contributed by atoms with Crippen LogP contribution >= 0.6 is 27.3 Å². The minimum absolute atomic E-state index is 0.155. The van der Waals surface area contributed by atoms with Gasteiger partial charge in [-0.25, -0.2) is 13.1 Å². The van der Waals surface area contributed by atoms with E-state index in [9.17, 15) is 13.5 Å². The zero-order valence-corrected chi connectivity index (χ0v) is 14.8. The van der Waals surface area contributed by atoms with Crippen molar-refractivity contribution in [2.75, 3.05) is 6.54 Å². The van der Waals surface area contributed by atoms with Gasteiger partial charge in [0.1, 0.15) is 15.7 Å². The van der Waals surface area contributed by atoms with Crippen molar-refractivity contribution in [3.63, 3.8) is 0 Å². The van der Waals surface area contributed by atoms with Crippen molar-refractivity contribution in [2.24, 2.45) is 0 Å². The summed E-state index contributed by atoms with van der Waals surface area (Å²) in [4.78, 5) is 0. The molecular formula is C13H16BrNO4S2. The molecule has 0 aromatic carbocycles. The van der Waals surface area contributed by atoms with Crippen LogP contribution in [-0.2, 0) is 10.0 Å². The van der Waals surface area contributed by atoms with Gasteiger partial charge in [0.05, 0.1) is 9.89 Å². The average Bonchev–Trinajstić information content (AvgIpc) is 2.95. The lowest BCUT2D eigenvalue weighted by Gasteiger charge is -2.10. The fourth-order valence-electron chi connectivity index (χ4n) is 1.98. The maximum atomic E-state index is 12.0. The highest BCUT2D eigenvalue weighted by atomic mass is 79.9. The van der Waals surface area contributed by atoms with Gasteiger partial charge >= 0.3 is 0 Å². The number of aryl methyl sites for hydroxylation is 2. The number of sulfonamides is 1. The van der Waals surface area contributed by atoms with Crippen LogP contribution in [0, 0.1) is 13.8 Å². The standard InChI is InChI=1S/C13H16BrNO4S2/c1-8-7-10(9(2)19-8)11(16)5-6-15-21(17,18)13-4-3-12(14)20-13/h3-4,7,11,15-16H,5-6H2,1-2H3/t11-/m0/s1. The third kappa shape index (κ3) is 4.17. The Morgan fingerprint density at radius 3 is 2.67 bits per heavy atom. The molecule has 2 aromatic heterocycles. The minimum atomic E-state index is -3.52. The summed E-state index contributed by atoms with van der Waals surface area (Å²) in [6.45, 7) is 3.74. The van der Waals surface area contributed by atoms with E-state index in [1.807, 2.05) is 0 Å². The Balaban J connectivity index is 1.93. The summed E-state index contributed by atoms with van der Waals surface area (Å²) in [5.74, 6) is 1.38. The van der Waals surface area contributed by atoms with Crippen LogP contribution in [0.4, 0.5) is 0 Å². The van der Waals surface area contributed by atoms with Gasteiger partial charge in [-0.15, -0.1) is 11.3 Å². The summed E-state index contributed by atoms with van der Waals surface area (Å²) in [5, 5.41) is 10.1. The number of halogens is 1. The number of hydrogen-bond acceptors (Lipinski definition) is 5. The van der Waals surface area contributed by atoms with Crippen molar-refractivity contribution in [1.82, 2.24) is 4.72 Å². The SMILES string of the molecule is Cc1cc([C@@H](O)CCNS(=O)(=O)c2ccc(Br)s2)c(C)o1. The molecule has 0 saturated heterocycles. The summed E-state index contributed by atoms with van der Waals surface area (Å²) in [7, 11) is -3.52. The predicted octanol–water partition coefficient (Wildman–Crippen LogP) is 3.12. The predicted molar refractivity (Wildman–Crippen MR) is 85.0 cm³/mol. The largest absolute Gasteiger partial charge is 0.466 e. The smallest absolute Gasteiger partial charge is 0.250 e. The molecule has 0 aliphatic carbocycles. The molecule has 0 bridgehead atoms. The molecule has 0 aliphatic rings. The van der Waals surface area contributed by atoms with Crippen LogP contribution in [-0.4, -0.2) is 20.1 Å². The summed E-state index contributed by atoms with van der Waals surface area (Å²) in [5.41, 5.74) is 0.700. The van der Waals surface area contributed by atoms with Gasteiger partial charge in [-0.05, 0) is 54.4 Å². The van der Waals surface area contributed by atoms with E-state index in [0.717, 1.165) is 20.9 Å². The Bertz CT molecular complexity index is 720. The third-order valence-corrected chi connectivity index (χ3v) is 6.54. The van der Waals surface area contributed by atoms with Crippen LogP contribution in [0.1, 0.15) is 29.6 Å². The van der Waals surface area contributed by atoms with Crippen LogP contribution in [0.3, 0.4) is 0 Å². The zero-order chi connectivity index (χ0) is 15.6. The Morgan fingerprint density at radius 2 is 2.14 bits per heavy atom. The van der Waals surface area contributed by atoms with Crippen molar-refractivity contribution in [3.8, 4) is 0 Å². The van der Waals surface area contributed by atoms with E-state index in [1.165, 1.54) is 6.07 Å². The van der Waals surface area contributed by atoms with Gasteiger partial charge in [0.15, 0.2) is 0 Å². The van der Waals surface area contributed by atoms with E-state index >= 15 is 0 Å². The first-order valence-corrected chi connectivity index (χ1v) is 9.39. The van der Waals surface area contributed by atoms with Gasteiger partial charge in [-0.1, -0.05) is 0 Å². The Labute approximate surface area is 136 Å². The molecule has 2 N–H and O–H groups in total. The van der Waals surface area contributed by atoms with E-state index in [1.54, 1.807) is 26.0 Å². The molecule has 21 heavy (non-hydrogen) atoms. The molecule has 5 nitrogen and oxygen atoms in total. The van der Waals surface area contributed by atoms with E-state index in [-0.39, 0.29) is 17.2 Å². The van der Waals surface area contributed by atoms with E-state index in [2.05, 4.69) is 20.7 Å². The van der Waals surface area contributed by atoms with E-state index in [4.69, 9.17) is 4.42 Å². The number of thiophene rings is 1. The van der Waals surface area contributed by atoms with Crippen molar-refractivity contribution < 1.29 is 17.9 Å². The first-order valence-electron chi connectivity index (χ1n) is 6.29. The summed E-state index contributed by atoms with van der Waals surface area (Å²) in [6.07, 6.45) is -0.466. The molecule has 0 unspecified atom stereocenters. The maximum Gasteiger partial charge on any atom is 0.250 e. The maximum absolute atomic E-state index is 12.0. The van der Waals surface area contributed by atoms with Crippen LogP contribution in [0.5, 0.6) is 0 Å². The lowest BCUT2D eigenvalue weighted by Crippen LogP contribution is -2.25. The zero-order valence-electron chi connectivity index (χ0n) is 11.6. The topological polar surface area (TPSA) is 79.5 Å². The first-order chi connectivity index (χ1) is 9.79. The molecule has 2 rings (SSSR count). The molecule has 8 heteroatoms. The Kier molecular flexibility index (Phi) is 5.26. The second-order valence-corrected chi connectivity index (χ2v) is 9.09. The fourth-order valence-corrected chi connectivity index (χ4v) is 5.08. The average molecular weight is 394 g/mol. The van der Waals surface area contributed by atoms with Crippen LogP contribution in [0.25, 0.3) is 0 Å². The fraction of sp³-hybridized carbons (Fsp3) is 0.385. The number of nitrogens with one attached hydrogen (secondary N) is 1. The molecule has 116 valence electrons. The Hall–Kier alpha value is -0.670. The number of furan rings is 1. The van der Waals surface area contributed by atoms with Gasteiger partial charge in [0.2, 0.25) is 10.0 Å². The molecule has 2 heterocycles. The van der Waals surface area contributed by atoms with Gasteiger partial charge in [-0.3, -0.25) is 0 Å². The highest BCUT2D eigenvalue weighted by Gasteiger charge is 2.18. The summed E-state index contributed by atoms with van der Waals surface area (Å²) >= 11 is 4.38. The third-order valence-electron chi connectivity index (χ3n) is 2.96. The summed E-state index contributed by atoms with van der Waals surface area (Å²) in [6, 6.07) is 4.99. The molecule has 1 atom stereocenters. The molecule has 0 radical (unpaired) electrons. The summed E-state index contributed by atoms with van der Waals surface area (Å²) < 4.78 is 32.9. The van der Waals surface area contributed by atoms with Crippen molar-refractivity contribution in [2.45, 2.75) is 30.6 Å². The quantitative estimate of drug-likeness (QED) is 0.789. The molecule has 0 saturated carbocycles. The monoisotopic (exact) mass is 393 g/mol. The molecular weight excluding hydrogens is 378 g/mol.